The van der Waals surface area contributed by atoms with Gasteiger partial charge in [0.05, 0.1) is 0 Å². The molecule has 0 aliphatic carbocycles. The number of aromatic nitrogens is 1. The van der Waals surface area contributed by atoms with Gasteiger partial charge in [-0.25, -0.2) is 4.98 Å². The van der Waals surface area contributed by atoms with E-state index in [2.05, 4.69) is 67.7 Å². The van der Waals surface area contributed by atoms with Crippen LogP contribution in [0.25, 0.3) is 0 Å². The van der Waals surface area contributed by atoms with Crippen LogP contribution in [0.2, 0.25) is 0 Å². The lowest BCUT2D eigenvalue weighted by atomic mass is 9.89. The zero-order chi connectivity index (χ0) is 15.5. The van der Waals surface area contributed by atoms with Crippen LogP contribution in [-0.4, -0.2) is 42.1 Å². The highest BCUT2D eigenvalue weighted by Gasteiger charge is 2.21. The second-order valence-electron chi connectivity index (χ2n) is 7.54. The highest BCUT2D eigenvalue weighted by atomic mass is 15.3. The largest absolute Gasteiger partial charge is 0.354 e. The predicted molar refractivity (Wildman–Crippen MR) is 90.9 cm³/mol. The number of anilines is 1. The maximum Gasteiger partial charge on any atom is 0.128 e. The molecule has 118 valence electrons. The summed E-state index contributed by atoms with van der Waals surface area (Å²) in [6.45, 7) is 15.9. The van der Waals surface area contributed by atoms with Gasteiger partial charge in [0.1, 0.15) is 5.82 Å². The number of hydrogen-bond donors (Lipinski definition) is 0. The average molecular weight is 289 g/mol. The van der Waals surface area contributed by atoms with Crippen LogP contribution < -0.4 is 4.90 Å². The molecule has 0 aromatic carbocycles. The van der Waals surface area contributed by atoms with Crippen molar-refractivity contribution < 1.29 is 0 Å². The van der Waals surface area contributed by atoms with E-state index in [0.717, 1.165) is 38.4 Å². The van der Waals surface area contributed by atoms with Crippen LogP contribution in [-0.2, 0) is 6.42 Å². The highest BCUT2D eigenvalue weighted by Crippen LogP contribution is 2.22. The topological polar surface area (TPSA) is 19.4 Å². The van der Waals surface area contributed by atoms with E-state index < -0.39 is 0 Å². The minimum Gasteiger partial charge on any atom is -0.354 e. The van der Waals surface area contributed by atoms with Gasteiger partial charge in [-0.05, 0) is 36.8 Å². The Labute approximate surface area is 130 Å². The van der Waals surface area contributed by atoms with Crippen LogP contribution in [0.4, 0.5) is 5.82 Å². The van der Waals surface area contributed by atoms with E-state index in [1.165, 1.54) is 12.0 Å². The fraction of sp³-hybridized carbons (Fsp3) is 0.722. The first-order chi connectivity index (χ1) is 9.89. The summed E-state index contributed by atoms with van der Waals surface area (Å²) in [5, 5.41) is 0. The molecule has 3 heteroatoms. The Hall–Kier alpha value is -1.09. The van der Waals surface area contributed by atoms with Gasteiger partial charge in [0.25, 0.3) is 0 Å². The van der Waals surface area contributed by atoms with Gasteiger partial charge in [-0.1, -0.05) is 33.8 Å². The van der Waals surface area contributed by atoms with Gasteiger partial charge in [-0.2, -0.15) is 0 Å². The van der Waals surface area contributed by atoms with Crippen LogP contribution in [0, 0.1) is 5.41 Å². The fourth-order valence-electron chi connectivity index (χ4n) is 2.97. The number of pyridine rings is 1. The molecule has 1 aliphatic rings. The van der Waals surface area contributed by atoms with Crippen molar-refractivity contribution >= 4 is 5.82 Å². The molecule has 1 fully saturated rings. The van der Waals surface area contributed by atoms with Gasteiger partial charge in [0.15, 0.2) is 0 Å². The van der Waals surface area contributed by atoms with E-state index in [1.807, 2.05) is 0 Å². The molecule has 0 N–H and O–H groups in total. The lowest BCUT2D eigenvalue weighted by molar-refractivity contribution is 0.192. The summed E-state index contributed by atoms with van der Waals surface area (Å²) in [7, 11) is 0. The highest BCUT2D eigenvalue weighted by molar-refractivity contribution is 5.40. The monoisotopic (exact) mass is 289 g/mol. The zero-order valence-electron chi connectivity index (χ0n) is 14.4. The smallest absolute Gasteiger partial charge is 0.128 e. The summed E-state index contributed by atoms with van der Waals surface area (Å²) in [6, 6.07) is 5.14. The van der Waals surface area contributed by atoms with Crippen LogP contribution in [0.5, 0.6) is 0 Å². The Bertz CT molecular complexity index is 425. The first kappa shape index (κ1) is 16.3. The molecule has 0 spiro atoms. The summed E-state index contributed by atoms with van der Waals surface area (Å²) < 4.78 is 0. The van der Waals surface area contributed by atoms with Gasteiger partial charge < -0.3 is 4.90 Å². The van der Waals surface area contributed by atoms with Crippen molar-refractivity contribution in [3.05, 3.63) is 23.9 Å². The van der Waals surface area contributed by atoms with Crippen molar-refractivity contribution in [1.29, 1.82) is 0 Å². The maximum atomic E-state index is 4.68. The van der Waals surface area contributed by atoms with Crippen molar-refractivity contribution in [2.75, 3.05) is 31.1 Å². The fourth-order valence-corrected chi connectivity index (χ4v) is 2.97. The third-order valence-electron chi connectivity index (χ3n) is 4.40. The average Bonchev–Trinajstić information content (AvgIpc) is 2.46. The van der Waals surface area contributed by atoms with E-state index >= 15 is 0 Å². The van der Waals surface area contributed by atoms with Crippen molar-refractivity contribution in [2.24, 2.45) is 5.41 Å². The van der Waals surface area contributed by atoms with Gasteiger partial charge in [0, 0.05) is 38.4 Å². The first-order valence-corrected chi connectivity index (χ1v) is 8.33. The van der Waals surface area contributed by atoms with E-state index in [-0.39, 0.29) is 0 Å². The third kappa shape index (κ3) is 4.70. The zero-order valence-corrected chi connectivity index (χ0v) is 14.4. The van der Waals surface area contributed by atoms with Gasteiger partial charge in [0.2, 0.25) is 0 Å². The molecule has 3 nitrogen and oxygen atoms in total. The Morgan fingerprint density at radius 1 is 1.14 bits per heavy atom. The molecule has 1 saturated heterocycles. The van der Waals surface area contributed by atoms with Crippen molar-refractivity contribution in [3.8, 4) is 0 Å². The summed E-state index contributed by atoms with van der Waals surface area (Å²) in [4.78, 5) is 9.69. The van der Waals surface area contributed by atoms with Crippen LogP contribution in [0.15, 0.2) is 18.3 Å². The molecule has 21 heavy (non-hydrogen) atoms. The molecule has 1 atom stereocenters. The van der Waals surface area contributed by atoms with E-state index in [9.17, 15) is 0 Å². The van der Waals surface area contributed by atoms with Gasteiger partial charge in [-0.15, -0.1) is 0 Å². The molecule has 0 saturated carbocycles. The molecular weight excluding hydrogens is 258 g/mol. The number of rotatable bonds is 4. The summed E-state index contributed by atoms with van der Waals surface area (Å²) in [6.07, 6.45) is 4.38. The molecule has 0 amide bonds. The van der Waals surface area contributed by atoms with E-state index in [1.54, 1.807) is 0 Å². The van der Waals surface area contributed by atoms with Crippen LogP contribution in [0.1, 0.15) is 46.6 Å². The van der Waals surface area contributed by atoms with E-state index in [0.29, 0.717) is 11.5 Å². The number of hydrogen-bond acceptors (Lipinski definition) is 3. The number of nitrogens with zero attached hydrogens (tertiary/aromatic N) is 3. The molecule has 1 aliphatic heterocycles. The molecule has 0 bridgehead atoms. The summed E-state index contributed by atoms with van der Waals surface area (Å²) in [5.74, 6) is 1.14. The molecule has 1 aromatic heterocycles. The SMILES string of the molecule is CCC(C)N1CCN(c2ccc(CC(C)(C)C)cn2)CC1. The second-order valence-corrected chi connectivity index (χ2v) is 7.54. The normalized spacial score (nSPS) is 18.8. The van der Waals surface area contributed by atoms with Gasteiger partial charge >= 0.3 is 0 Å². The van der Waals surface area contributed by atoms with Crippen LogP contribution >= 0.6 is 0 Å². The quantitative estimate of drug-likeness (QED) is 0.844. The Kier molecular flexibility index (Phi) is 5.26. The molecule has 1 aromatic rings. The Balaban J connectivity index is 1.92. The first-order valence-electron chi connectivity index (χ1n) is 8.33. The molecule has 0 radical (unpaired) electrons. The molecule has 2 heterocycles. The van der Waals surface area contributed by atoms with Crippen LogP contribution in [0.3, 0.4) is 0 Å². The van der Waals surface area contributed by atoms with Gasteiger partial charge in [-0.3, -0.25) is 4.90 Å². The minimum absolute atomic E-state index is 0.325. The molecule has 1 unspecified atom stereocenters. The third-order valence-corrected chi connectivity index (χ3v) is 4.40. The maximum absolute atomic E-state index is 4.68. The Morgan fingerprint density at radius 3 is 2.29 bits per heavy atom. The van der Waals surface area contributed by atoms with Crippen molar-refractivity contribution in [1.82, 2.24) is 9.88 Å². The lowest BCUT2D eigenvalue weighted by Gasteiger charge is -2.38. The predicted octanol–water partition coefficient (Wildman–Crippen LogP) is 3.59. The standard InChI is InChI=1S/C18H31N3/c1-6-15(2)20-9-11-21(12-10-20)17-8-7-16(14-19-17)13-18(3,4)5/h7-8,14-15H,6,9-13H2,1-5H3. The van der Waals surface area contributed by atoms with Crippen molar-refractivity contribution in [3.63, 3.8) is 0 Å². The van der Waals surface area contributed by atoms with Crippen molar-refractivity contribution in [2.45, 2.75) is 53.5 Å². The molecule has 2 rings (SSSR count). The van der Waals surface area contributed by atoms with E-state index in [4.69, 9.17) is 0 Å². The minimum atomic E-state index is 0.325. The lowest BCUT2D eigenvalue weighted by Crippen LogP contribution is -2.49. The summed E-state index contributed by atoms with van der Waals surface area (Å²) >= 11 is 0. The Morgan fingerprint density at radius 2 is 1.81 bits per heavy atom. The summed E-state index contributed by atoms with van der Waals surface area (Å²) in [5.41, 5.74) is 1.66. The molecular formula is C18H31N3. The second kappa shape index (κ2) is 6.78. The number of piperazine rings is 1.